The van der Waals surface area contributed by atoms with Crippen LogP contribution in [0.25, 0.3) is 0 Å². The van der Waals surface area contributed by atoms with Gasteiger partial charge in [0.25, 0.3) is 0 Å². The average molecular weight is 331 g/mol. The van der Waals surface area contributed by atoms with Gasteiger partial charge in [-0.1, -0.05) is 30.3 Å². The fraction of sp³-hybridized carbons (Fsp3) is 0.0952. The molecule has 0 fully saturated rings. The summed E-state index contributed by atoms with van der Waals surface area (Å²) in [5, 5.41) is 19.2. The number of rotatable bonds is 5. The summed E-state index contributed by atoms with van der Waals surface area (Å²) in [5.41, 5.74) is 2.11. The zero-order chi connectivity index (χ0) is 17.6. The van der Waals surface area contributed by atoms with Crippen LogP contribution in [0.2, 0.25) is 0 Å². The van der Waals surface area contributed by atoms with Crippen molar-refractivity contribution in [1.82, 2.24) is 0 Å². The first-order valence-electron chi connectivity index (χ1n) is 7.80. The van der Waals surface area contributed by atoms with Crippen molar-refractivity contribution in [3.63, 3.8) is 0 Å². The maximum absolute atomic E-state index is 10.3. The lowest BCUT2D eigenvalue weighted by Crippen LogP contribution is -2.09. The molecule has 0 aliphatic rings. The Morgan fingerprint density at radius 3 is 2.12 bits per heavy atom. The van der Waals surface area contributed by atoms with Crippen LogP contribution in [0, 0.1) is 11.3 Å². The molecule has 0 radical (unpaired) electrons. The van der Waals surface area contributed by atoms with Gasteiger partial charge in [0, 0.05) is 5.56 Å². The smallest absolute Gasteiger partial charge is 0.152 e. The highest BCUT2D eigenvalue weighted by molar-refractivity contribution is 5.43. The highest BCUT2D eigenvalue weighted by atomic mass is 16.5. The van der Waals surface area contributed by atoms with Crippen molar-refractivity contribution in [1.29, 1.82) is 5.26 Å². The second kappa shape index (κ2) is 7.41. The Labute approximate surface area is 146 Å². The molecule has 4 heteroatoms. The van der Waals surface area contributed by atoms with Gasteiger partial charge in [-0.25, -0.2) is 0 Å². The standard InChI is InChI=1S/C21H17NO3/c1-24-17-12-8-16(9-13-17)21(19-4-2-3-5-20(19)23)25-18-10-6-15(14-22)7-11-18/h2-13,21,23H,1H3. The lowest BCUT2D eigenvalue weighted by molar-refractivity contribution is 0.242. The number of hydrogen-bond acceptors (Lipinski definition) is 4. The number of nitrogens with zero attached hydrogens (tertiary/aromatic N) is 1. The third kappa shape index (κ3) is 3.73. The van der Waals surface area contributed by atoms with E-state index in [1.54, 1.807) is 43.5 Å². The summed E-state index contributed by atoms with van der Waals surface area (Å²) in [5.74, 6) is 1.53. The number of methoxy groups -OCH3 is 1. The Bertz CT molecular complexity index is 880. The molecule has 0 aliphatic carbocycles. The number of benzene rings is 3. The van der Waals surface area contributed by atoms with E-state index in [0.717, 1.165) is 11.3 Å². The maximum Gasteiger partial charge on any atom is 0.152 e. The lowest BCUT2D eigenvalue weighted by Gasteiger charge is -2.21. The van der Waals surface area contributed by atoms with Crippen LogP contribution in [-0.2, 0) is 0 Å². The molecule has 1 unspecified atom stereocenters. The molecule has 124 valence electrons. The van der Waals surface area contributed by atoms with Crippen molar-refractivity contribution in [2.45, 2.75) is 6.10 Å². The number of para-hydroxylation sites is 1. The van der Waals surface area contributed by atoms with Crippen LogP contribution in [0.1, 0.15) is 22.8 Å². The molecule has 3 aromatic rings. The van der Waals surface area contributed by atoms with Gasteiger partial charge < -0.3 is 14.6 Å². The van der Waals surface area contributed by atoms with E-state index in [-0.39, 0.29) is 5.75 Å². The van der Waals surface area contributed by atoms with Crippen LogP contribution in [0.15, 0.2) is 72.8 Å². The molecule has 4 nitrogen and oxygen atoms in total. The van der Waals surface area contributed by atoms with E-state index < -0.39 is 6.10 Å². The number of nitriles is 1. The Kier molecular flexibility index (Phi) is 4.87. The summed E-state index contributed by atoms with van der Waals surface area (Å²) in [6, 6.07) is 23.6. The molecule has 0 saturated carbocycles. The van der Waals surface area contributed by atoms with Gasteiger partial charge in [0.15, 0.2) is 6.10 Å². The van der Waals surface area contributed by atoms with Gasteiger partial charge in [-0.3, -0.25) is 0 Å². The van der Waals surface area contributed by atoms with Crippen molar-refractivity contribution < 1.29 is 14.6 Å². The van der Waals surface area contributed by atoms with Crippen molar-refractivity contribution in [2.75, 3.05) is 7.11 Å². The van der Waals surface area contributed by atoms with Crippen LogP contribution in [0.4, 0.5) is 0 Å². The molecule has 1 atom stereocenters. The normalized spacial score (nSPS) is 11.4. The maximum atomic E-state index is 10.3. The minimum atomic E-state index is -0.486. The van der Waals surface area contributed by atoms with E-state index in [0.29, 0.717) is 16.9 Å². The van der Waals surface area contributed by atoms with Gasteiger partial charge in [-0.05, 0) is 48.0 Å². The second-order valence-corrected chi connectivity index (χ2v) is 5.47. The summed E-state index contributed by atoms with van der Waals surface area (Å²) in [4.78, 5) is 0. The molecular weight excluding hydrogens is 314 g/mol. The van der Waals surface area contributed by atoms with Crippen molar-refractivity contribution >= 4 is 0 Å². The van der Waals surface area contributed by atoms with E-state index in [9.17, 15) is 5.11 Å². The van der Waals surface area contributed by atoms with Gasteiger partial charge in [-0.15, -0.1) is 0 Å². The van der Waals surface area contributed by atoms with Gasteiger partial charge in [0.1, 0.15) is 17.2 Å². The number of phenolic OH excluding ortho intramolecular Hbond substituents is 1. The number of ether oxygens (including phenoxy) is 2. The molecule has 0 amide bonds. The molecule has 0 saturated heterocycles. The van der Waals surface area contributed by atoms with E-state index in [2.05, 4.69) is 6.07 Å². The molecule has 0 heterocycles. The van der Waals surface area contributed by atoms with E-state index in [1.807, 2.05) is 36.4 Å². The van der Waals surface area contributed by atoms with Crippen LogP contribution in [-0.4, -0.2) is 12.2 Å². The van der Waals surface area contributed by atoms with Gasteiger partial charge >= 0.3 is 0 Å². The van der Waals surface area contributed by atoms with Crippen molar-refractivity contribution in [2.24, 2.45) is 0 Å². The minimum absolute atomic E-state index is 0.164. The van der Waals surface area contributed by atoms with E-state index >= 15 is 0 Å². The Morgan fingerprint density at radius 2 is 1.52 bits per heavy atom. The molecule has 25 heavy (non-hydrogen) atoms. The van der Waals surface area contributed by atoms with Crippen LogP contribution in [0.3, 0.4) is 0 Å². The third-order valence-corrected chi connectivity index (χ3v) is 3.88. The monoisotopic (exact) mass is 331 g/mol. The first-order chi connectivity index (χ1) is 12.2. The van der Waals surface area contributed by atoms with E-state index in [4.69, 9.17) is 14.7 Å². The van der Waals surface area contributed by atoms with E-state index in [1.165, 1.54) is 0 Å². The Balaban J connectivity index is 1.98. The fourth-order valence-corrected chi connectivity index (χ4v) is 2.54. The Hall–Kier alpha value is -3.45. The topological polar surface area (TPSA) is 62.5 Å². The zero-order valence-electron chi connectivity index (χ0n) is 13.7. The molecule has 1 N–H and O–H groups in total. The SMILES string of the molecule is COc1ccc(C(Oc2ccc(C#N)cc2)c2ccccc2O)cc1. The summed E-state index contributed by atoms with van der Waals surface area (Å²) in [6.45, 7) is 0. The van der Waals surface area contributed by atoms with Crippen LogP contribution in [0.5, 0.6) is 17.2 Å². The lowest BCUT2D eigenvalue weighted by atomic mass is 10.00. The zero-order valence-corrected chi connectivity index (χ0v) is 13.7. The van der Waals surface area contributed by atoms with Gasteiger partial charge in [0.2, 0.25) is 0 Å². The summed E-state index contributed by atoms with van der Waals surface area (Å²) in [6.07, 6.45) is -0.486. The highest BCUT2D eigenvalue weighted by Crippen LogP contribution is 2.34. The molecule has 0 aromatic heterocycles. The summed E-state index contributed by atoms with van der Waals surface area (Å²) >= 11 is 0. The van der Waals surface area contributed by atoms with Crippen LogP contribution < -0.4 is 9.47 Å². The minimum Gasteiger partial charge on any atom is -0.508 e. The molecular formula is C21H17NO3. The van der Waals surface area contributed by atoms with Crippen LogP contribution >= 0.6 is 0 Å². The largest absolute Gasteiger partial charge is 0.508 e. The summed E-state index contributed by atoms with van der Waals surface area (Å²) in [7, 11) is 1.61. The van der Waals surface area contributed by atoms with Gasteiger partial charge in [-0.2, -0.15) is 5.26 Å². The third-order valence-electron chi connectivity index (χ3n) is 3.88. The molecule has 3 rings (SSSR count). The first-order valence-corrected chi connectivity index (χ1v) is 7.80. The predicted octanol–water partition coefficient (Wildman–Crippen LogP) is 4.44. The van der Waals surface area contributed by atoms with Crippen molar-refractivity contribution in [3.05, 3.63) is 89.5 Å². The highest BCUT2D eigenvalue weighted by Gasteiger charge is 2.19. The number of aromatic hydroxyl groups is 1. The quantitative estimate of drug-likeness (QED) is 0.751. The average Bonchev–Trinajstić information content (AvgIpc) is 2.67. The molecule has 0 aliphatic heterocycles. The number of phenols is 1. The molecule has 3 aromatic carbocycles. The fourth-order valence-electron chi connectivity index (χ4n) is 2.54. The second-order valence-electron chi connectivity index (χ2n) is 5.47. The first kappa shape index (κ1) is 16.4. The molecule has 0 bridgehead atoms. The predicted molar refractivity (Wildman–Crippen MR) is 94.7 cm³/mol. The Morgan fingerprint density at radius 1 is 0.880 bits per heavy atom. The number of hydrogen-bond donors (Lipinski definition) is 1. The van der Waals surface area contributed by atoms with Crippen molar-refractivity contribution in [3.8, 4) is 23.3 Å². The summed E-state index contributed by atoms with van der Waals surface area (Å²) < 4.78 is 11.3. The molecule has 0 spiro atoms. The van der Waals surface area contributed by atoms with Gasteiger partial charge in [0.05, 0.1) is 18.7 Å².